The second-order valence-corrected chi connectivity index (χ2v) is 6.80. The molecule has 0 aromatic heterocycles. The van der Waals surface area contributed by atoms with Gasteiger partial charge in [0.1, 0.15) is 11.4 Å². The number of allylic oxidation sites excluding steroid dienone is 1. The minimum Gasteiger partial charge on any atom is -0.495 e. The average Bonchev–Trinajstić information content (AvgIpc) is 3.19. The Morgan fingerprint density at radius 1 is 1.14 bits per heavy atom. The van der Waals surface area contributed by atoms with Crippen molar-refractivity contribution in [3.05, 3.63) is 64.8 Å². The maximum atomic E-state index is 13.3. The molecule has 0 unspecified atom stereocenters. The summed E-state index contributed by atoms with van der Waals surface area (Å²) >= 11 is 6.08. The number of ketones is 1. The van der Waals surface area contributed by atoms with Crippen LogP contribution in [-0.4, -0.2) is 30.7 Å². The van der Waals surface area contributed by atoms with E-state index in [-0.39, 0.29) is 17.1 Å². The number of fused-ring (bicyclic) bond motifs is 1. The second kappa shape index (κ2) is 6.69. The Morgan fingerprint density at radius 3 is 2.57 bits per heavy atom. The fraction of sp³-hybridized carbons (Fsp3) is 0.150. The number of halogens is 1. The minimum absolute atomic E-state index is 0.0979. The molecule has 1 fully saturated rings. The molecule has 0 saturated carbocycles. The number of para-hydroxylation sites is 2. The zero-order valence-corrected chi connectivity index (χ0v) is 15.9. The third-order valence-electron chi connectivity index (χ3n) is 4.69. The van der Waals surface area contributed by atoms with E-state index in [1.807, 2.05) is 0 Å². The van der Waals surface area contributed by atoms with Gasteiger partial charge in [-0.1, -0.05) is 29.8 Å². The van der Waals surface area contributed by atoms with Crippen molar-refractivity contribution in [1.29, 1.82) is 0 Å². The molecule has 1 saturated heterocycles. The molecule has 2 aliphatic heterocycles. The first-order valence-electron chi connectivity index (χ1n) is 8.52. The van der Waals surface area contributed by atoms with Gasteiger partial charge >= 0.3 is 0 Å². The summed E-state index contributed by atoms with van der Waals surface area (Å²) in [7, 11) is 1.46. The molecule has 0 aliphatic carbocycles. The Balaban J connectivity index is 1.85. The maximum Gasteiger partial charge on any atom is 0.266 e. The SMILES string of the molecule is COc1ccccc1N1C(=O)C2=C(C(C)=O)NN(c3cccc(Cl)c3)[C@H]2C1=O. The van der Waals surface area contributed by atoms with Crippen molar-refractivity contribution in [3.8, 4) is 5.75 Å². The molecule has 142 valence electrons. The molecule has 7 nitrogen and oxygen atoms in total. The number of hydrazine groups is 1. The van der Waals surface area contributed by atoms with Crippen LogP contribution in [0.2, 0.25) is 5.02 Å². The van der Waals surface area contributed by atoms with Crippen LogP contribution >= 0.6 is 11.6 Å². The highest BCUT2D eigenvalue weighted by Gasteiger charge is 2.54. The monoisotopic (exact) mass is 397 g/mol. The van der Waals surface area contributed by atoms with Crippen molar-refractivity contribution in [2.45, 2.75) is 13.0 Å². The van der Waals surface area contributed by atoms with E-state index < -0.39 is 17.9 Å². The van der Waals surface area contributed by atoms with E-state index in [0.29, 0.717) is 22.1 Å². The Hall–Kier alpha value is -3.32. The molecule has 2 aliphatic rings. The summed E-state index contributed by atoms with van der Waals surface area (Å²) in [6, 6.07) is 12.6. The summed E-state index contributed by atoms with van der Waals surface area (Å²) in [6.45, 7) is 1.34. The van der Waals surface area contributed by atoms with Crippen LogP contribution in [0, 0.1) is 0 Å². The number of rotatable bonds is 4. The topological polar surface area (TPSA) is 79.0 Å². The third kappa shape index (κ3) is 2.63. The molecule has 2 heterocycles. The summed E-state index contributed by atoms with van der Waals surface area (Å²) in [5.41, 5.74) is 4.01. The number of ether oxygens (including phenoxy) is 1. The quantitative estimate of drug-likeness (QED) is 0.798. The molecule has 1 N–H and O–H groups in total. The lowest BCUT2D eigenvalue weighted by Crippen LogP contribution is -2.46. The number of Topliss-reactive ketones (excluding diaryl/α,β-unsaturated/α-hetero) is 1. The summed E-state index contributed by atoms with van der Waals surface area (Å²) in [4.78, 5) is 39.7. The predicted octanol–water partition coefficient (Wildman–Crippen LogP) is 2.46. The van der Waals surface area contributed by atoms with E-state index in [1.54, 1.807) is 48.5 Å². The number of hydrogen-bond donors (Lipinski definition) is 1. The van der Waals surface area contributed by atoms with Gasteiger partial charge in [-0.15, -0.1) is 0 Å². The summed E-state index contributed by atoms with van der Waals surface area (Å²) in [5.74, 6) is -0.987. The van der Waals surface area contributed by atoms with Gasteiger partial charge in [0.2, 0.25) is 0 Å². The Bertz CT molecular complexity index is 1050. The van der Waals surface area contributed by atoms with Gasteiger partial charge in [-0.3, -0.25) is 24.8 Å². The lowest BCUT2D eigenvalue weighted by molar-refractivity contribution is -0.121. The van der Waals surface area contributed by atoms with E-state index in [2.05, 4.69) is 5.43 Å². The molecule has 4 rings (SSSR count). The van der Waals surface area contributed by atoms with Crippen molar-refractivity contribution >= 4 is 40.6 Å². The van der Waals surface area contributed by atoms with Gasteiger partial charge < -0.3 is 4.74 Å². The van der Waals surface area contributed by atoms with Crippen molar-refractivity contribution in [2.24, 2.45) is 0 Å². The summed E-state index contributed by atoms with van der Waals surface area (Å²) in [5, 5.41) is 1.96. The number of imide groups is 1. The lowest BCUT2D eigenvalue weighted by atomic mass is 10.1. The van der Waals surface area contributed by atoms with Gasteiger partial charge in [-0.05, 0) is 30.3 Å². The molecule has 0 radical (unpaired) electrons. The van der Waals surface area contributed by atoms with E-state index >= 15 is 0 Å². The first-order chi connectivity index (χ1) is 13.4. The Morgan fingerprint density at radius 2 is 1.89 bits per heavy atom. The minimum atomic E-state index is -0.977. The van der Waals surface area contributed by atoms with Crippen molar-refractivity contribution < 1.29 is 19.1 Å². The van der Waals surface area contributed by atoms with Gasteiger partial charge in [0.15, 0.2) is 11.8 Å². The molecule has 28 heavy (non-hydrogen) atoms. The number of carbonyl (C=O) groups is 3. The number of amides is 2. The Labute approximate surface area is 166 Å². The van der Waals surface area contributed by atoms with Gasteiger partial charge in [-0.2, -0.15) is 0 Å². The van der Waals surface area contributed by atoms with Gasteiger partial charge in [-0.25, -0.2) is 4.90 Å². The number of hydrogen-bond acceptors (Lipinski definition) is 6. The van der Waals surface area contributed by atoms with Crippen LogP contribution in [-0.2, 0) is 14.4 Å². The molecule has 8 heteroatoms. The van der Waals surface area contributed by atoms with Crippen LogP contribution < -0.4 is 20.1 Å². The number of carbonyl (C=O) groups excluding carboxylic acids is 3. The van der Waals surface area contributed by atoms with E-state index in [1.165, 1.54) is 19.0 Å². The van der Waals surface area contributed by atoms with Crippen LogP contribution in [0.15, 0.2) is 59.8 Å². The summed E-state index contributed by atoms with van der Waals surface area (Å²) in [6.07, 6.45) is 0. The molecule has 0 spiro atoms. The number of nitrogens with zero attached hydrogens (tertiary/aromatic N) is 2. The molecule has 2 aromatic rings. The van der Waals surface area contributed by atoms with Crippen LogP contribution in [0.5, 0.6) is 5.75 Å². The highest BCUT2D eigenvalue weighted by molar-refractivity contribution is 6.34. The lowest BCUT2D eigenvalue weighted by Gasteiger charge is -2.26. The maximum absolute atomic E-state index is 13.3. The smallest absolute Gasteiger partial charge is 0.266 e. The number of anilines is 2. The van der Waals surface area contributed by atoms with Gasteiger partial charge in [0.25, 0.3) is 11.8 Å². The van der Waals surface area contributed by atoms with E-state index in [0.717, 1.165) is 4.90 Å². The van der Waals surface area contributed by atoms with Crippen molar-refractivity contribution in [2.75, 3.05) is 17.0 Å². The molecular weight excluding hydrogens is 382 g/mol. The third-order valence-corrected chi connectivity index (χ3v) is 4.92. The highest BCUT2D eigenvalue weighted by atomic mass is 35.5. The fourth-order valence-corrected chi connectivity index (χ4v) is 3.65. The first kappa shape index (κ1) is 18.1. The average molecular weight is 398 g/mol. The summed E-state index contributed by atoms with van der Waals surface area (Å²) < 4.78 is 5.30. The number of benzene rings is 2. The Kier molecular flexibility index (Phi) is 4.31. The zero-order valence-electron chi connectivity index (χ0n) is 15.1. The molecule has 2 aromatic carbocycles. The molecule has 1 atom stereocenters. The second-order valence-electron chi connectivity index (χ2n) is 6.36. The van der Waals surface area contributed by atoms with Crippen LogP contribution in [0.25, 0.3) is 0 Å². The fourth-order valence-electron chi connectivity index (χ4n) is 3.46. The predicted molar refractivity (Wildman–Crippen MR) is 104 cm³/mol. The molecular formula is C20H16ClN3O4. The largest absolute Gasteiger partial charge is 0.495 e. The van der Waals surface area contributed by atoms with Crippen LogP contribution in [0.3, 0.4) is 0 Å². The highest BCUT2D eigenvalue weighted by Crippen LogP contribution is 2.39. The van der Waals surface area contributed by atoms with Crippen LogP contribution in [0.4, 0.5) is 11.4 Å². The molecule has 0 bridgehead atoms. The van der Waals surface area contributed by atoms with E-state index in [4.69, 9.17) is 16.3 Å². The van der Waals surface area contributed by atoms with Crippen LogP contribution in [0.1, 0.15) is 6.92 Å². The first-order valence-corrected chi connectivity index (χ1v) is 8.89. The van der Waals surface area contributed by atoms with Crippen molar-refractivity contribution in [3.63, 3.8) is 0 Å². The molecule has 2 amide bonds. The van der Waals surface area contributed by atoms with E-state index in [9.17, 15) is 14.4 Å². The number of nitrogens with one attached hydrogen (secondary N) is 1. The van der Waals surface area contributed by atoms with Crippen molar-refractivity contribution in [1.82, 2.24) is 5.43 Å². The zero-order chi connectivity index (χ0) is 20.0. The standard InChI is InChI=1S/C20H16ClN3O4/c1-11(25)17-16-18(24(22-17)13-7-5-6-12(21)10-13)20(27)23(19(16)26)14-8-3-4-9-15(14)28-2/h3-10,18,22H,1-2H3/t18-/m1/s1. The van der Waals surface area contributed by atoms with Gasteiger partial charge in [0.05, 0.1) is 24.1 Å². The van der Waals surface area contributed by atoms with Gasteiger partial charge in [0, 0.05) is 11.9 Å². The number of methoxy groups -OCH3 is 1. The normalized spacial score (nSPS) is 18.5.